The van der Waals surface area contributed by atoms with Gasteiger partial charge in [0.1, 0.15) is 0 Å². The fourth-order valence-corrected chi connectivity index (χ4v) is 1.13. The Morgan fingerprint density at radius 2 is 2.22 bits per heavy atom. The zero-order chi connectivity index (χ0) is 6.53. The molecule has 0 fully saturated rings. The van der Waals surface area contributed by atoms with E-state index in [1.54, 1.807) is 0 Å². The predicted molar refractivity (Wildman–Crippen MR) is 40.4 cm³/mol. The van der Waals surface area contributed by atoms with E-state index in [0.29, 0.717) is 0 Å². The summed E-state index contributed by atoms with van der Waals surface area (Å²) < 4.78 is 0. The Bertz CT molecular complexity index is 136. The maximum Gasteiger partial charge on any atom is -0.0247 e. The van der Waals surface area contributed by atoms with E-state index >= 15 is 0 Å². The molecule has 0 amide bonds. The molecule has 0 nitrogen and oxygen atoms in total. The summed E-state index contributed by atoms with van der Waals surface area (Å²) in [6.07, 6.45) is 8.80. The van der Waals surface area contributed by atoms with Gasteiger partial charge in [0, 0.05) is 0 Å². The standard InChI is InChI=1S/C9H14/c1-9-7-5-3-2-4-6-8-9/h5H,2-4,6,8H2,1H3. The van der Waals surface area contributed by atoms with E-state index in [2.05, 4.69) is 18.7 Å². The lowest BCUT2D eigenvalue weighted by molar-refractivity contribution is 0.677. The summed E-state index contributed by atoms with van der Waals surface area (Å²) in [5, 5.41) is 0. The van der Waals surface area contributed by atoms with Crippen molar-refractivity contribution in [3.8, 4) is 0 Å². The second-order valence-corrected chi connectivity index (χ2v) is 2.73. The van der Waals surface area contributed by atoms with Crippen molar-refractivity contribution in [2.45, 2.75) is 39.0 Å². The van der Waals surface area contributed by atoms with Gasteiger partial charge >= 0.3 is 0 Å². The highest BCUT2D eigenvalue weighted by molar-refractivity contribution is 4.98. The van der Waals surface area contributed by atoms with Crippen LogP contribution in [0.4, 0.5) is 0 Å². The molecule has 50 valence electrons. The van der Waals surface area contributed by atoms with Gasteiger partial charge in [-0.3, -0.25) is 0 Å². The van der Waals surface area contributed by atoms with Gasteiger partial charge in [0.25, 0.3) is 0 Å². The van der Waals surface area contributed by atoms with Crippen LogP contribution in [0.25, 0.3) is 0 Å². The molecule has 0 aromatic heterocycles. The molecule has 0 saturated carbocycles. The molecule has 0 aromatic rings. The molecule has 1 aliphatic carbocycles. The monoisotopic (exact) mass is 122 g/mol. The van der Waals surface area contributed by atoms with Gasteiger partial charge in [0.15, 0.2) is 0 Å². The van der Waals surface area contributed by atoms with E-state index in [-0.39, 0.29) is 0 Å². The molecule has 0 unspecified atom stereocenters. The fraction of sp³-hybridized carbons (Fsp3) is 0.667. The summed E-state index contributed by atoms with van der Waals surface area (Å²) in [6, 6.07) is 0. The Morgan fingerprint density at radius 3 is 3.11 bits per heavy atom. The lowest BCUT2D eigenvalue weighted by Crippen LogP contribution is -1.81. The van der Waals surface area contributed by atoms with Crippen LogP contribution in [0.2, 0.25) is 0 Å². The zero-order valence-corrected chi connectivity index (χ0v) is 6.11. The Labute approximate surface area is 57.3 Å². The molecule has 0 spiro atoms. The van der Waals surface area contributed by atoms with E-state index in [4.69, 9.17) is 0 Å². The molecular formula is C9H14. The average molecular weight is 122 g/mol. The number of hydrogen-bond acceptors (Lipinski definition) is 0. The first-order valence-electron chi connectivity index (χ1n) is 3.80. The highest BCUT2D eigenvalue weighted by Gasteiger charge is 1.92. The van der Waals surface area contributed by atoms with Crippen LogP contribution < -0.4 is 0 Å². The molecule has 0 aromatic carbocycles. The first-order valence-corrected chi connectivity index (χ1v) is 3.80. The molecule has 1 rings (SSSR count). The zero-order valence-electron chi connectivity index (χ0n) is 6.11. The topological polar surface area (TPSA) is 0 Å². The van der Waals surface area contributed by atoms with Crippen LogP contribution in [0.3, 0.4) is 0 Å². The molecule has 0 saturated heterocycles. The van der Waals surface area contributed by atoms with Gasteiger partial charge < -0.3 is 0 Å². The highest BCUT2D eigenvalue weighted by Crippen LogP contribution is 2.11. The van der Waals surface area contributed by atoms with Gasteiger partial charge in [-0.1, -0.05) is 6.42 Å². The summed E-state index contributed by atoms with van der Waals surface area (Å²) in [6.45, 7) is 2.17. The van der Waals surface area contributed by atoms with E-state index in [1.807, 2.05) is 0 Å². The first-order chi connectivity index (χ1) is 4.39. The molecule has 0 atom stereocenters. The van der Waals surface area contributed by atoms with Gasteiger partial charge in [0.05, 0.1) is 0 Å². The molecule has 0 bridgehead atoms. The van der Waals surface area contributed by atoms with E-state index in [9.17, 15) is 0 Å². The SMILES string of the molecule is CC1=C=CCCCCC1. The lowest BCUT2D eigenvalue weighted by atomic mass is 10.1. The third kappa shape index (κ3) is 2.53. The van der Waals surface area contributed by atoms with E-state index in [0.717, 1.165) is 0 Å². The first kappa shape index (κ1) is 6.64. The molecule has 1 aliphatic rings. The van der Waals surface area contributed by atoms with Gasteiger partial charge in [-0.25, -0.2) is 0 Å². The molecular weight excluding hydrogens is 108 g/mol. The maximum absolute atomic E-state index is 3.28. The molecule has 9 heavy (non-hydrogen) atoms. The van der Waals surface area contributed by atoms with Crippen LogP contribution in [-0.4, -0.2) is 0 Å². The van der Waals surface area contributed by atoms with Crippen LogP contribution in [0.5, 0.6) is 0 Å². The van der Waals surface area contributed by atoms with Crippen molar-refractivity contribution in [1.82, 2.24) is 0 Å². The van der Waals surface area contributed by atoms with Crippen molar-refractivity contribution in [3.05, 3.63) is 17.4 Å². The van der Waals surface area contributed by atoms with Crippen LogP contribution in [0.1, 0.15) is 39.0 Å². The predicted octanol–water partition coefficient (Wildman–Crippen LogP) is 3.05. The van der Waals surface area contributed by atoms with E-state index in [1.165, 1.54) is 37.7 Å². The molecule has 0 heteroatoms. The maximum atomic E-state index is 3.28. The van der Waals surface area contributed by atoms with Crippen molar-refractivity contribution in [2.24, 2.45) is 0 Å². The fourth-order valence-electron chi connectivity index (χ4n) is 1.13. The Balaban J connectivity index is 2.53. The number of hydrogen-bond donors (Lipinski definition) is 0. The largest absolute Gasteiger partial charge is 0.126 e. The van der Waals surface area contributed by atoms with Crippen LogP contribution in [-0.2, 0) is 0 Å². The van der Waals surface area contributed by atoms with Crippen molar-refractivity contribution >= 4 is 0 Å². The summed E-state index contributed by atoms with van der Waals surface area (Å²) >= 11 is 0. The second kappa shape index (κ2) is 3.53. The van der Waals surface area contributed by atoms with Crippen LogP contribution >= 0.6 is 0 Å². The molecule has 0 heterocycles. The summed E-state index contributed by atoms with van der Waals surface area (Å²) in [5.41, 5.74) is 4.70. The van der Waals surface area contributed by atoms with Gasteiger partial charge in [-0.15, -0.1) is 5.73 Å². The summed E-state index contributed by atoms with van der Waals surface area (Å²) in [5.74, 6) is 0. The van der Waals surface area contributed by atoms with Crippen LogP contribution in [0, 0.1) is 0 Å². The van der Waals surface area contributed by atoms with Crippen molar-refractivity contribution in [1.29, 1.82) is 0 Å². The molecule has 0 N–H and O–H groups in total. The molecule has 0 aliphatic heterocycles. The highest BCUT2D eigenvalue weighted by atomic mass is 14.0. The third-order valence-electron chi connectivity index (χ3n) is 1.75. The Kier molecular flexibility index (Phi) is 2.60. The third-order valence-corrected chi connectivity index (χ3v) is 1.75. The normalized spacial score (nSPS) is 20.3. The Hall–Kier alpha value is -0.480. The number of allylic oxidation sites excluding steroid dienone is 1. The van der Waals surface area contributed by atoms with Crippen molar-refractivity contribution < 1.29 is 0 Å². The quantitative estimate of drug-likeness (QED) is 0.433. The van der Waals surface area contributed by atoms with Gasteiger partial charge in [-0.2, -0.15) is 0 Å². The minimum atomic E-state index is 1.23. The second-order valence-electron chi connectivity index (χ2n) is 2.73. The average Bonchev–Trinajstić information content (AvgIpc) is 1.79. The van der Waals surface area contributed by atoms with Gasteiger partial charge in [-0.05, 0) is 44.3 Å². The van der Waals surface area contributed by atoms with Crippen LogP contribution in [0.15, 0.2) is 17.4 Å². The Morgan fingerprint density at radius 1 is 1.33 bits per heavy atom. The smallest absolute Gasteiger partial charge is 0.0247 e. The van der Waals surface area contributed by atoms with Gasteiger partial charge in [0.2, 0.25) is 0 Å². The van der Waals surface area contributed by atoms with Crippen molar-refractivity contribution in [3.63, 3.8) is 0 Å². The summed E-state index contributed by atoms with van der Waals surface area (Å²) in [4.78, 5) is 0. The minimum Gasteiger partial charge on any atom is -0.126 e. The summed E-state index contributed by atoms with van der Waals surface area (Å²) in [7, 11) is 0. The van der Waals surface area contributed by atoms with E-state index < -0.39 is 0 Å². The minimum absolute atomic E-state index is 1.23. The lowest BCUT2D eigenvalue weighted by Gasteiger charge is -2.00. The molecule has 0 radical (unpaired) electrons. The number of rotatable bonds is 0. The van der Waals surface area contributed by atoms with Crippen molar-refractivity contribution in [2.75, 3.05) is 0 Å².